The van der Waals surface area contributed by atoms with Gasteiger partial charge in [0.15, 0.2) is 12.1 Å². The Morgan fingerprint density at radius 1 is 1.33 bits per heavy atom. The zero-order valence-electron chi connectivity index (χ0n) is 12.4. The highest BCUT2D eigenvalue weighted by Gasteiger charge is 2.20. The molecule has 0 unspecified atom stereocenters. The fourth-order valence-electron chi connectivity index (χ4n) is 1.72. The molecule has 0 saturated carbocycles. The van der Waals surface area contributed by atoms with E-state index < -0.39 is 5.41 Å². The van der Waals surface area contributed by atoms with Crippen LogP contribution in [0.3, 0.4) is 0 Å². The van der Waals surface area contributed by atoms with Gasteiger partial charge in [-0.05, 0) is 17.7 Å². The number of benzene rings is 1. The van der Waals surface area contributed by atoms with Gasteiger partial charge in [-0.25, -0.2) is 4.98 Å². The van der Waals surface area contributed by atoms with Crippen LogP contribution in [0.2, 0.25) is 0 Å². The third-order valence-corrected chi connectivity index (χ3v) is 3.03. The maximum Gasteiger partial charge on any atom is 0.229 e. The summed E-state index contributed by atoms with van der Waals surface area (Å²) in [5, 5.41) is 2.87. The molecule has 0 spiro atoms. The van der Waals surface area contributed by atoms with Gasteiger partial charge in [0.05, 0.1) is 12.4 Å². The molecule has 0 fully saturated rings. The van der Waals surface area contributed by atoms with Crippen LogP contribution in [0.1, 0.15) is 37.0 Å². The van der Waals surface area contributed by atoms with Crippen LogP contribution in [-0.2, 0) is 11.3 Å². The summed E-state index contributed by atoms with van der Waals surface area (Å²) >= 11 is 0. The quantitative estimate of drug-likeness (QED) is 0.877. The average Bonchev–Trinajstić information content (AvgIpc) is 2.87. The number of aldehydes is 1. The van der Waals surface area contributed by atoms with E-state index in [1.165, 1.54) is 6.20 Å². The molecule has 1 radical (unpaired) electrons. The highest BCUT2D eigenvalue weighted by atomic mass is 16.2. The number of rotatable bonds is 4. The Bertz CT molecular complexity index is 636. The Morgan fingerprint density at radius 2 is 2.00 bits per heavy atom. The lowest BCUT2D eigenvalue weighted by atomic mass is 9.95. The molecule has 0 aliphatic rings. The first-order valence-corrected chi connectivity index (χ1v) is 6.69. The molecule has 0 bridgehead atoms. The van der Waals surface area contributed by atoms with E-state index in [9.17, 15) is 9.59 Å². The van der Waals surface area contributed by atoms with E-state index in [-0.39, 0.29) is 5.91 Å². The summed E-state index contributed by atoms with van der Waals surface area (Å²) < 4.78 is 1.65. The minimum Gasteiger partial charge on any atom is -0.326 e. The van der Waals surface area contributed by atoms with E-state index in [1.807, 2.05) is 45.0 Å². The third-order valence-electron chi connectivity index (χ3n) is 3.03. The van der Waals surface area contributed by atoms with Gasteiger partial charge in [-0.15, -0.1) is 0 Å². The molecule has 1 amide bonds. The number of imidazole rings is 1. The maximum absolute atomic E-state index is 11.9. The molecule has 5 nitrogen and oxygen atoms in total. The minimum atomic E-state index is -0.427. The second-order valence-corrected chi connectivity index (χ2v) is 5.85. The largest absolute Gasteiger partial charge is 0.326 e. The van der Waals surface area contributed by atoms with Crippen LogP contribution < -0.4 is 5.32 Å². The monoisotopic (exact) mass is 284 g/mol. The molecular formula is C16H18N3O2. The lowest BCUT2D eigenvalue weighted by Crippen LogP contribution is -2.27. The minimum absolute atomic E-state index is 0.0264. The first-order valence-electron chi connectivity index (χ1n) is 6.69. The molecule has 0 aliphatic heterocycles. The fraction of sp³-hybridized carbons (Fsp3) is 0.312. The molecule has 21 heavy (non-hydrogen) atoms. The van der Waals surface area contributed by atoms with Crippen molar-refractivity contribution in [3.8, 4) is 0 Å². The number of aromatic nitrogens is 2. The van der Waals surface area contributed by atoms with E-state index in [0.717, 1.165) is 11.3 Å². The molecule has 109 valence electrons. The van der Waals surface area contributed by atoms with E-state index in [0.29, 0.717) is 18.7 Å². The highest BCUT2D eigenvalue weighted by molar-refractivity contribution is 5.94. The van der Waals surface area contributed by atoms with E-state index in [4.69, 9.17) is 0 Å². The topological polar surface area (TPSA) is 64.0 Å². The Labute approximate surface area is 124 Å². The molecular weight excluding hydrogens is 266 g/mol. The van der Waals surface area contributed by atoms with Crippen molar-refractivity contribution in [1.29, 1.82) is 0 Å². The Morgan fingerprint density at radius 3 is 2.57 bits per heavy atom. The van der Waals surface area contributed by atoms with Gasteiger partial charge in [0, 0.05) is 17.6 Å². The average molecular weight is 284 g/mol. The van der Waals surface area contributed by atoms with Gasteiger partial charge in [-0.1, -0.05) is 32.9 Å². The van der Waals surface area contributed by atoms with Crippen LogP contribution in [0, 0.1) is 11.6 Å². The van der Waals surface area contributed by atoms with Crippen molar-refractivity contribution in [2.75, 3.05) is 5.32 Å². The van der Waals surface area contributed by atoms with Crippen LogP contribution in [0.4, 0.5) is 5.69 Å². The number of hydrogen-bond donors (Lipinski definition) is 1. The highest BCUT2D eigenvalue weighted by Crippen LogP contribution is 2.18. The lowest BCUT2D eigenvalue weighted by molar-refractivity contribution is -0.123. The van der Waals surface area contributed by atoms with Crippen molar-refractivity contribution in [2.45, 2.75) is 27.3 Å². The fourth-order valence-corrected chi connectivity index (χ4v) is 1.72. The van der Waals surface area contributed by atoms with Gasteiger partial charge in [0.1, 0.15) is 0 Å². The number of carbonyl (C=O) groups excluding carboxylic acids is 2. The molecule has 1 aromatic carbocycles. The van der Waals surface area contributed by atoms with Crippen molar-refractivity contribution in [3.05, 3.63) is 48.0 Å². The first kappa shape index (κ1) is 15.0. The molecule has 5 heteroatoms. The molecule has 1 heterocycles. The van der Waals surface area contributed by atoms with Gasteiger partial charge < -0.3 is 9.88 Å². The van der Waals surface area contributed by atoms with Crippen LogP contribution in [-0.4, -0.2) is 21.7 Å². The maximum atomic E-state index is 11.9. The zero-order chi connectivity index (χ0) is 15.5. The first-order chi connectivity index (χ1) is 9.90. The van der Waals surface area contributed by atoms with Gasteiger partial charge in [-0.2, -0.15) is 0 Å². The summed E-state index contributed by atoms with van der Waals surface area (Å²) in [4.78, 5) is 26.6. The van der Waals surface area contributed by atoms with Crippen molar-refractivity contribution >= 4 is 17.9 Å². The smallest absolute Gasteiger partial charge is 0.229 e. The molecule has 1 aromatic heterocycles. The summed E-state index contributed by atoms with van der Waals surface area (Å²) in [7, 11) is 0. The van der Waals surface area contributed by atoms with E-state index >= 15 is 0 Å². The van der Waals surface area contributed by atoms with Crippen molar-refractivity contribution in [2.24, 2.45) is 5.41 Å². The van der Waals surface area contributed by atoms with Gasteiger partial charge >= 0.3 is 0 Å². The van der Waals surface area contributed by atoms with Crippen molar-refractivity contribution in [1.82, 2.24) is 9.55 Å². The standard InChI is InChI=1S/C16H18N3O2/c1-16(2,3)15(21)18-13-6-4-12(5-7-13)10-19-9-8-17-14(19)11-20/h4-8,11H,10H2,1-3H3,(H,18,21). The lowest BCUT2D eigenvalue weighted by Gasteiger charge is -2.17. The summed E-state index contributed by atoms with van der Waals surface area (Å²) in [5.41, 5.74) is 1.33. The van der Waals surface area contributed by atoms with Gasteiger partial charge in [0.2, 0.25) is 5.91 Å². The number of anilines is 1. The summed E-state index contributed by atoms with van der Waals surface area (Å²) in [5.74, 6) is 0.321. The van der Waals surface area contributed by atoms with E-state index in [1.54, 1.807) is 4.57 Å². The number of hydrogen-bond acceptors (Lipinski definition) is 3. The predicted molar refractivity (Wildman–Crippen MR) is 80.1 cm³/mol. The van der Waals surface area contributed by atoms with Crippen molar-refractivity contribution in [3.63, 3.8) is 0 Å². The Hall–Kier alpha value is -2.43. The molecule has 0 atom stereocenters. The third kappa shape index (κ3) is 3.78. The number of nitrogens with zero attached hydrogens (tertiary/aromatic N) is 2. The van der Waals surface area contributed by atoms with E-state index in [2.05, 4.69) is 16.5 Å². The predicted octanol–water partition coefficient (Wildman–Crippen LogP) is 2.53. The molecule has 2 rings (SSSR count). The SMILES string of the molecule is CC(C)(C)C(=O)Nc1ccc(Cn2[c]cnc2C=O)cc1. The van der Waals surface area contributed by atoms with Crippen LogP contribution >= 0.6 is 0 Å². The van der Waals surface area contributed by atoms with Crippen LogP contribution in [0.15, 0.2) is 30.5 Å². The number of amides is 1. The summed E-state index contributed by atoms with van der Waals surface area (Å²) in [6.45, 7) is 6.12. The second-order valence-electron chi connectivity index (χ2n) is 5.85. The molecule has 2 aromatic rings. The number of nitrogens with one attached hydrogen (secondary N) is 1. The van der Waals surface area contributed by atoms with Crippen molar-refractivity contribution < 1.29 is 9.59 Å². The normalized spacial score (nSPS) is 11.2. The molecule has 1 N–H and O–H groups in total. The van der Waals surface area contributed by atoms with Crippen LogP contribution in [0.5, 0.6) is 0 Å². The summed E-state index contributed by atoms with van der Waals surface area (Å²) in [6, 6.07) is 7.49. The summed E-state index contributed by atoms with van der Waals surface area (Å²) in [6.07, 6.45) is 5.05. The Balaban J connectivity index is 2.06. The molecule has 0 aliphatic carbocycles. The number of carbonyl (C=O) groups is 2. The Kier molecular flexibility index (Phi) is 4.21. The molecule has 0 saturated heterocycles. The second kappa shape index (κ2) is 5.91. The van der Waals surface area contributed by atoms with Gasteiger partial charge in [-0.3, -0.25) is 9.59 Å². The zero-order valence-corrected chi connectivity index (χ0v) is 12.4. The van der Waals surface area contributed by atoms with Crippen LogP contribution in [0.25, 0.3) is 0 Å². The van der Waals surface area contributed by atoms with Gasteiger partial charge in [0.25, 0.3) is 0 Å².